The van der Waals surface area contributed by atoms with Gasteiger partial charge >= 0.3 is 0 Å². The summed E-state index contributed by atoms with van der Waals surface area (Å²) in [6.45, 7) is 2.17. The van der Waals surface area contributed by atoms with Gasteiger partial charge in [-0.05, 0) is 44.0 Å². The van der Waals surface area contributed by atoms with Crippen molar-refractivity contribution in [2.45, 2.75) is 13.8 Å². The molecule has 18 heavy (non-hydrogen) atoms. The molecule has 0 fully saturated rings. The van der Waals surface area contributed by atoms with Crippen molar-refractivity contribution in [3.8, 4) is 11.5 Å². The van der Waals surface area contributed by atoms with Crippen molar-refractivity contribution in [1.29, 1.82) is 0 Å². The van der Waals surface area contributed by atoms with Gasteiger partial charge in [0.05, 0.1) is 8.95 Å². The molecule has 0 bridgehead atoms. The fourth-order valence-electron chi connectivity index (χ4n) is 0.526. The largest absolute Gasteiger partial charge is 0.507 e. The molecule has 0 radical (unpaired) electrons. The molecule has 1 aromatic carbocycles. The number of rotatable bonds is 0. The Balaban J connectivity index is 0. The number of aliphatic carboxylic acids is 2. The molecule has 8 heteroatoms. The second-order valence-corrected chi connectivity index (χ2v) is 4.50. The summed E-state index contributed by atoms with van der Waals surface area (Å²) in [7, 11) is 0. The summed E-state index contributed by atoms with van der Waals surface area (Å²) in [5.74, 6) is -1.46. The molecule has 0 atom stereocenters. The van der Waals surface area contributed by atoms with Crippen LogP contribution >= 0.6 is 31.9 Å². The predicted molar refractivity (Wildman–Crippen MR) is 71.8 cm³/mol. The van der Waals surface area contributed by atoms with Crippen LogP contribution in [0.4, 0.5) is 0 Å². The molecule has 0 aliphatic rings. The van der Waals surface area contributed by atoms with Gasteiger partial charge in [0.2, 0.25) is 0 Å². The minimum Gasteiger partial charge on any atom is -0.507 e. The zero-order valence-corrected chi connectivity index (χ0v) is 12.7. The minimum absolute atomic E-state index is 0.102. The Morgan fingerprint density at radius 2 is 1.06 bits per heavy atom. The van der Waals surface area contributed by atoms with Crippen molar-refractivity contribution in [3.05, 3.63) is 21.1 Å². The highest BCUT2D eigenvalue weighted by molar-refractivity contribution is 9.11. The Morgan fingerprint density at radius 3 is 1.22 bits per heavy atom. The topological polar surface area (TPSA) is 115 Å². The lowest BCUT2D eigenvalue weighted by Gasteiger charge is -1.99. The molecule has 0 saturated carbocycles. The quantitative estimate of drug-likeness (QED) is 0.509. The van der Waals surface area contributed by atoms with Crippen LogP contribution in [0.25, 0.3) is 0 Å². The van der Waals surface area contributed by atoms with E-state index >= 15 is 0 Å². The maximum Gasteiger partial charge on any atom is 0.300 e. The Labute approximate surface area is 120 Å². The molecule has 0 amide bonds. The van der Waals surface area contributed by atoms with Crippen molar-refractivity contribution in [2.24, 2.45) is 0 Å². The fraction of sp³-hybridized carbons (Fsp3) is 0.200. The summed E-state index contributed by atoms with van der Waals surface area (Å²) in [5.41, 5.74) is 0. The van der Waals surface area contributed by atoms with Crippen LogP contribution in [0.3, 0.4) is 0 Å². The minimum atomic E-state index is -0.833. The van der Waals surface area contributed by atoms with Crippen molar-refractivity contribution >= 4 is 43.8 Å². The molecular formula is C10H12Br2O6. The van der Waals surface area contributed by atoms with Crippen LogP contribution < -0.4 is 0 Å². The first-order valence-electron chi connectivity index (χ1n) is 4.34. The molecule has 0 aliphatic heterocycles. The average Bonchev–Trinajstić information content (AvgIpc) is 2.13. The average molecular weight is 388 g/mol. The maximum absolute atomic E-state index is 9.04. The number of halogens is 2. The van der Waals surface area contributed by atoms with Gasteiger partial charge in [0.25, 0.3) is 11.9 Å². The first kappa shape index (κ1) is 19.1. The lowest BCUT2D eigenvalue weighted by atomic mass is 10.3. The fourth-order valence-corrected chi connectivity index (χ4v) is 1.19. The second-order valence-electron chi connectivity index (χ2n) is 2.79. The highest BCUT2D eigenvalue weighted by Gasteiger charge is 2.02. The summed E-state index contributed by atoms with van der Waals surface area (Å²) in [5, 5.41) is 32.9. The molecule has 102 valence electrons. The van der Waals surface area contributed by atoms with E-state index < -0.39 is 11.9 Å². The van der Waals surface area contributed by atoms with Crippen LogP contribution in [0, 0.1) is 0 Å². The zero-order valence-electron chi connectivity index (χ0n) is 9.52. The molecule has 0 spiro atoms. The molecule has 0 saturated heterocycles. The van der Waals surface area contributed by atoms with Crippen LogP contribution in [0.5, 0.6) is 11.5 Å². The van der Waals surface area contributed by atoms with E-state index in [2.05, 4.69) is 31.9 Å². The van der Waals surface area contributed by atoms with E-state index in [-0.39, 0.29) is 11.5 Å². The van der Waals surface area contributed by atoms with Gasteiger partial charge < -0.3 is 20.4 Å². The Morgan fingerprint density at radius 1 is 0.889 bits per heavy atom. The molecule has 0 aromatic heterocycles. The number of benzene rings is 1. The lowest BCUT2D eigenvalue weighted by Crippen LogP contribution is -1.78. The Kier molecular flexibility index (Phi) is 10.3. The van der Waals surface area contributed by atoms with Gasteiger partial charge in [-0.3, -0.25) is 9.59 Å². The number of carboxylic acid groups (broad SMARTS) is 2. The standard InChI is InChI=1S/C6H4Br2O2.2C2H4O2/c7-3-1-5(9)4(8)2-6(3)10;2*1-2(3)4/h1-2,9-10H;2*1H3,(H,3,4). The molecule has 0 unspecified atom stereocenters. The Bertz CT molecular complexity index is 349. The summed E-state index contributed by atoms with van der Waals surface area (Å²) in [4.78, 5) is 18.0. The van der Waals surface area contributed by atoms with Crippen molar-refractivity contribution in [2.75, 3.05) is 0 Å². The van der Waals surface area contributed by atoms with Gasteiger partial charge in [-0.25, -0.2) is 0 Å². The lowest BCUT2D eigenvalue weighted by molar-refractivity contribution is -0.135. The monoisotopic (exact) mass is 386 g/mol. The van der Waals surface area contributed by atoms with E-state index in [1.807, 2.05) is 0 Å². The van der Waals surface area contributed by atoms with Crippen LogP contribution in [0.2, 0.25) is 0 Å². The summed E-state index contributed by atoms with van der Waals surface area (Å²) in [6, 6.07) is 2.83. The number of carbonyl (C=O) groups is 2. The van der Waals surface area contributed by atoms with Crippen molar-refractivity contribution in [3.63, 3.8) is 0 Å². The highest BCUT2D eigenvalue weighted by Crippen LogP contribution is 2.34. The third-order valence-corrected chi connectivity index (χ3v) is 2.29. The third-order valence-electron chi connectivity index (χ3n) is 1.02. The van der Waals surface area contributed by atoms with E-state index in [0.29, 0.717) is 8.95 Å². The van der Waals surface area contributed by atoms with Gasteiger partial charge in [-0.2, -0.15) is 0 Å². The van der Waals surface area contributed by atoms with E-state index in [0.717, 1.165) is 13.8 Å². The number of phenols is 2. The van der Waals surface area contributed by atoms with Crippen molar-refractivity contribution in [1.82, 2.24) is 0 Å². The van der Waals surface area contributed by atoms with Gasteiger partial charge in [-0.15, -0.1) is 0 Å². The van der Waals surface area contributed by atoms with Crippen LogP contribution in [-0.2, 0) is 9.59 Å². The molecule has 1 aromatic rings. The smallest absolute Gasteiger partial charge is 0.300 e. The highest BCUT2D eigenvalue weighted by atomic mass is 79.9. The summed E-state index contributed by atoms with van der Waals surface area (Å²) < 4.78 is 0.960. The van der Waals surface area contributed by atoms with E-state index in [9.17, 15) is 0 Å². The molecule has 4 N–H and O–H groups in total. The number of aromatic hydroxyl groups is 2. The zero-order chi connectivity index (χ0) is 14.9. The first-order valence-corrected chi connectivity index (χ1v) is 5.92. The van der Waals surface area contributed by atoms with Gasteiger partial charge in [-0.1, -0.05) is 0 Å². The van der Waals surface area contributed by atoms with Gasteiger partial charge in [0.15, 0.2) is 0 Å². The molecular weight excluding hydrogens is 376 g/mol. The Hall–Kier alpha value is -1.28. The molecule has 0 heterocycles. The number of carboxylic acids is 2. The number of phenolic OH excluding ortho intramolecular Hbond substituents is 2. The second kappa shape index (κ2) is 9.72. The van der Waals surface area contributed by atoms with Crippen LogP contribution in [-0.4, -0.2) is 32.4 Å². The number of hydrogen-bond acceptors (Lipinski definition) is 4. The third kappa shape index (κ3) is 12.8. The molecule has 1 rings (SSSR count). The SMILES string of the molecule is CC(=O)O.CC(=O)O.Oc1cc(Br)c(O)cc1Br. The van der Waals surface area contributed by atoms with Gasteiger partial charge in [0.1, 0.15) is 11.5 Å². The molecule has 6 nitrogen and oxygen atoms in total. The van der Waals surface area contributed by atoms with E-state index in [4.69, 9.17) is 30.0 Å². The summed E-state index contributed by atoms with van der Waals surface area (Å²) in [6.07, 6.45) is 0. The van der Waals surface area contributed by atoms with E-state index in [1.165, 1.54) is 12.1 Å². The normalized spacial score (nSPS) is 8.22. The van der Waals surface area contributed by atoms with Crippen molar-refractivity contribution < 1.29 is 30.0 Å². The predicted octanol–water partition coefficient (Wildman–Crippen LogP) is 2.80. The number of hydrogen-bond donors (Lipinski definition) is 4. The maximum atomic E-state index is 9.04. The van der Waals surface area contributed by atoms with Crippen LogP contribution in [0.1, 0.15) is 13.8 Å². The summed E-state index contributed by atoms with van der Waals surface area (Å²) >= 11 is 6.10. The first-order chi connectivity index (χ1) is 8.07. The van der Waals surface area contributed by atoms with E-state index in [1.54, 1.807) is 0 Å². The van der Waals surface area contributed by atoms with Crippen LogP contribution in [0.15, 0.2) is 21.1 Å². The molecule has 0 aliphatic carbocycles. The van der Waals surface area contributed by atoms with Gasteiger partial charge in [0, 0.05) is 13.8 Å².